The first-order valence-electron chi connectivity index (χ1n) is 5.32. The Balaban J connectivity index is 2.71. The van der Waals surface area contributed by atoms with E-state index in [1.165, 1.54) is 12.0 Å². The van der Waals surface area contributed by atoms with E-state index in [1.807, 2.05) is 13.8 Å². The van der Waals surface area contributed by atoms with Crippen molar-refractivity contribution >= 4 is 5.97 Å². The second-order valence-corrected chi connectivity index (χ2v) is 4.79. The summed E-state index contributed by atoms with van der Waals surface area (Å²) in [5.41, 5.74) is 2.48. The molecule has 80 valence electrons. The van der Waals surface area contributed by atoms with E-state index in [-0.39, 0.29) is 5.97 Å². The van der Waals surface area contributed by atoms with Gasteiger partial charge in [0.05, 0.1) is 6.61 Å². The van der Waals surface area contributed by atoms with Crippen LogP contribution in [0.1, 0.15) is 47.0 Å². The SMILES string of the molecule is CCOC(=O)C(C)=C1CCC(C)(C)C1. The molecule has 0 unspecified atom stereocenters. The molecule has 0 aliphatic heterocycles. The zero-order valence-corrected chi connectivity index (χ0v) is 9.64. The predicted molar refractivity (Wildman–Crippen MR) is 57.0 cm³/mol. The van der Waals surface area contributed by atoms with Crippen molar-refractivity contribution in [3.05, 3.63) is 11.1 Å². The van der Waals surface area contributed by atoms with Gasteiger partial charge in [-0.25, -0.2) is 4.79 Å². The Kier molecular flexibility index (Phi) is 3.35. The fourth-order valence-electron chi connectivity index (χ4n) is 1.95. The highest BCUT2D eigenvalue weighted by Crippen LogP contribution is 2.41. The van der Waals surface area contributed by atoms with E-state index < -0.39 is 0 Å². The average molecular weight is 196 g/mol. The van der Waals surface area contributed by atoms with Gasteiger partial charge in [0.2, 0.25) is 0 Å². The third-order valence-corrected chi connectivity index (χ3v) is 2.91. The van der Waals surface area contributed by atoms with Crippen LogP contribution in [0.5, 0.6) is 0 Å². The van der Waals surface area contributed by atoms with Crippen LogP contribution in [0.3, 0.4) is 0 Å². The van der Waals surface area contributed by atoms with Crippen LogP contribution in [0.2, 0.25) is 0 Å². The van der Waals surface area contributed by atoms with E-state index in [0.717, 1.165) is 18.4 Å². The standard InChI is InChI=1S/C12H20O2/c1-5-14-11(13)9(2)10-6-7-12(3,4)8-10/h5-8H2,1-4H3. The maximum absolute atomic E-state index is 11.5. The number of allylic oxidation sites excluding steroid dienone is 1. The van der Waals surface area contributed by atoms with Gasteiger partial charge in [0.15, 0.2) is 0 Å². The predicted octanol–water partition coefficient (Wildman–Crippen LogP) is 3.08. The quantitative estimate of drug-likeness (QED) is 0.501. The van der Waals surface area contributed by atoms with E-state index in [0.29, 0.717) is 12.0 Å². The van der Waals surface area contributed by atoms with Gasteiger partial charge in [-0.05, 0) is 38.5 Å². The fourth-order valence-corrected chi connectivity index (χ4v) is 1.95. The van der Waals surface area contributed by atoms with E-state index in [9.17, 15) is 4.79 Å². The molecule has 0 N–H and O–H groups in total. The van der Waals surface area contributed by atoms with Crippen LogP contribution in [0.15, 0.2) is 11.1 Å². The summed E-state index contributed by atoms with van der Waals surface area (Å²) in [6, 6.07) is 0. The minimum atomic E-state index is -0.139. The first kappa shape index (κ1) is 11.3. The molecule has 0 radical (unpaired) electrons. The van der Waals surface area contributed by atoms with Crippen molar-refractivity contribution < 1.29 is 9.53 Å². The van der Waals surface area contributed by atoms with E-state index in [4.69, 9.17) is 4.74 Å². The van der Waals surface area contributed by atoms with Crippen molar-refractivity contribution in [1.82, 2.24) is 0 Å². The maximum Gasteiger partial charge on any atom is 0.333 e. The van der Waals surface area contributed by atoms with Crippen LogP contribution in [0, 0.1) is 5.41 Å². The van der Waals surface area contributed by atoms with Gasteiger partial charge in [0.25, 0.3) is 0 Å². The Bertz CT molecular complexity index is 261. The highest BCUT2D eigenvalue weighted by atomic mass is 16.5. The van der Waals surface area contributed by atoms with Gasteiger partial charge < -0.3 is 4.74 Å². The summed E-state index contributed by atoms with van der Waals surface area (Å²) >= 11 is 0. The molecule has 0 aromatic heterocycles. The summed E-state index contributed by atoms with van der Waals surface area (Å²) in [6.07, 6.45) is 3.27. The molecule has 14 heavy (non-hydrogen) atoms. The molecule has 0 heterocycles. The maximum atomic E-state index is 11.5. The van der Waals surface area contributed by atoms with Crippen LogP contribution in [-0.4, -0.2) is 12.6 Å². The van der Waals surface area contributed by atoms with Crippen molar-refractivity contribution in [3.8, 4) is 0 Å². The van der Waals surface area contributed by atoms with Crippen molar-refractivity contribution in [2.75, 3.05) is 6.61 Å². The van der Waals surface area contributed by atoms with Crippen molar-refractivity contribution in [1.29, 1.82) is 0 Å². The number of hydrogen-bond acceptors (Lipinski definition) is 2. The van der Waals surface area contributed by atoms with Crippen LogP contribution < -0.4 is 0 Å². The van der Waals surface area contributed by atoms with Crippen LogP contribution >= 0.6 is 0 Å². The smallest absolute Gasteiger partial charge is 0.333 e. The lowest BCUT2D eigenvalue weighted by molar-refractivity contribution is -0.138. The molecule has 0 bridgehead atoms. The molecule has 0 amide bonds. The van der Waals surface area contributed by atoms with Crippen molar-refractivity contribution in [2.45, 2.75) is 47.0 Å². The van der Waals surface area contributed by atoms with Crippen molar-refractivity contribution in [2.24, 2.45) is 5.41 Å². The number of carbonyl (C=O) groups excluding carboxylic acids is 1. The summed E-state index contributed by atoms with van der Waals surface area (Å²) in [5, 5.41) is 0. The van der Waals surface area contributed by atoms with E-state index >= 15 is 0 Å². The second-order valence-electron chi connectivity index (χ2n) is 4.79. The number of hydrogen-bond donors (Lipinski definition) is 0. The lowest BCUT2D eigenvalue weighted by atomic mass is 9.91. The molecule has 0 aromatic carbocycles. The number of esters is 1. The summed E-state index contributed by atoms with van der Waals surface area (Å²) in [5.74, 6) is -0.139. The van der Waals surface area contributed by atoms with Gasteiger partial charge in [0, 0.05) is 5.57 Å². The summed E-state index contributed by atoms with van der Waals surface area (Å²) in [7, 11) is 0. The highest BCUT2D eigenvalue weighted by molar-refractivity contribution is 5.88. The van der Waals surface area contributed by atoms with Gasteiger partial charge in [-0.15, -0.1) is 0 Å². The van der Waals surface area contributed by atoms with Crippen LogP contribution in [-0.2, 0) is 9.53 Å². The highest BCUT2D eigenvalue weighted by Gasteiger charge is 2.29. The normalized spacial score (nSPS) is 23.4. The summed E-state index contributed by atoms with van der Waals surface area (Å²) in [4.78, 5) is 11.5. The van der Waals surface area contributed by atoms with Crippen LogP contribution in [0.25, 0.3) is 0 Å². The summed E-state index contributed by atoms with van der Waals surface area (Å²) in [6.45, 7) is 8.69. The molecule has 2 nitrogen and oxygen atoms in total. The molecule has 0 spiro atoms. The lowest BCUT2D eigenvalue weighted by Crippen LogP contribution is -2.08. The van der Waals surface area contributed by atoms with Crippen LogP contribution in [0.4, 0.5) is 0 Å². The summed E-state index contributed by atoms with van der Waals surface area (Å²) < 4.78 is 4.99. The molecule has 0 aromatic rings. The zero-order valence-electron chi connectivity index (χ0n) is 9.64. The minimum Gasteiger partial charge on any atom is -0.463 e. The van der Waals surface area contributed by atoms with Crippen molar-refractivity contribution in [3.63, 3.8) is 0 Å². The van der Waals surface area contributed by atoms with E-state index in [2.05, 4.69) is 13.8 Å². The molecule has 1 rings (SSSR count). The molecule has 0 saturated heterocycles. The third kappa shape index (κ3) is 2.60. The monoisotopic (exact) mass is 196 g/mol. The van der Waals surface area contributed by atoms with Gasteiger partial charge in [-0.2, -0.15) is 0 Å². The first-order valence-corrected chi connectivity index (χ1v) is 5.32. The molecule has 1 saturated carbocycles. The Hall–Kier alpha value is -0.790. The Morgan fingerprint density at radius 2 is 2.14 bits per heavy atom. The van der Waals surface area contributed by atoms with Gasteiger partial charge in [-0.1, -0.05) is 19.4 Å². The largest absolute Gasteiger partial charge is 0.463 e. The molecular weight excluding hydrogens is 176 g/mol. The molecule has 1 aliphatic carbocycles. The average Bonchev–Trinajstić information content (AvgIpc) is 2.45. The molecule has 2 heteroatoms. The molecular formula is C12H20O2. The van der Waals surface area contributed by atoms with Gasteiger partial charge >= 0.3 is 5.97 Å². The second kappa shape index (κ2) is 4.16. The number of ether oxygens (including phenoxy) is 1. The molecule has 0 atom stereocenters. The molecule has 1 fully saturated rings. The topological polar surface area (TPSA) is 26.3 Å². The lowest BCUT2D eigenvalue weighted by Gasteiger charge is -2.14. The Labute approximate surface area is 86.3 Å². The van der Waals surface area contributed by atoms with E-state index in [1.54, 1.807) is 0 Å². The van der Waals surface area contributed by atoms with Gasteiger partial charge in [-0.3, -0.25) is 0 Å². The first-order chi connectivity index (χ1) is 6.46. The Morgan fingerprint density at radius 3 is 2.57 bits per heavy atom. The number of carbonyl (C=O) groups is 1. The Morgan fingerprint density at radius 1 is 1.50 bits per heavy atom. The fraction of sp³-hybridized carbons (Fsp3) is 0.750. The third-order valence-electron chi connectivity index (χ3n) is 2.91. The number of rotatable bonds is 2. The minimum absolute atomic E-state index is 0.139. The van der Waals surface area contributed by atoms with Gasteiger partial charge in [0.1, 0.15) is 0 Å². The molecule has 1 aliphatic rings. The zero-order chi connectivity index (χ0) is 10.8.